The molecule has 1 aliphatic carbocycles. The molecule has 1 saturated carbocycles. The van der Waals surface area contributed by atoms with Gasteiger partial charge < -0.3 is 14.5 Å². The molecule has 8 heteroatoms. The van der Waals surface area contributed by atoms with Crippen LogP contribution in [0.2, 0.25) is 0 Å². The van der Waals surface area contributed by atoms with E-state index in [0.29, 0.717) is 6.42 Å². The minimum atomic E-state index is -1.34. The van der Waals surface area contributed by atoms with Crippen molar-refractivity contribution in [1.29, 1.82) is 0 Å². The van der Waals surface area contributed by atoms with Crippen molar-refractivity contribution in [1.82, 2.24) is 14.8 Å². The van der Waals surface area contributed by atoms with Gasteiger partial charge >= 0.3 is 5.97 Å². The van der Waals surface area contributed by atoms with Crippen molar-refractivity contribution >= 4 is 23.9 Å². The molecule has 38 heavy (non-hydrogen) atoms. The maximum Gasteiger partial charge on any atom is 0.322 e. The smallest absolute Gasteiger partial charge is 0.322 e. The van der Waals surface area contributed by atoms with E-state index in [9.17, 15) is 18.8 Å². The Morgan fingerprint density at radius 3 is 2.50 bits per heavy atom. The number of cyclic esters (lactones) is 1. The molecular formula is C30H36FN3O4. The predicted octanol–water partition coefficient (Wildman–Crippen LogP) is 4.29. The van der Waals surface area contributed by atoms with Crippen LogP contribution in [-0.4, -0.2) is 66.4 Å². The highest BCUT2D eigenvalue weighted by Crippen LogP contribution is 2.57. The van der Waals surface area contributed by atoms with E-state index in [2.05, 4.69) is 18.8 Å². The van der Waals surface area contributed by atoms with E-state index in [1.807, 2.05) is 37.3 Å². The largest absolute Gasteiger partial charge is 0.461 e. The third-order valence-electron chi connectivity index (χ3n) is 8.33. The van der Waals surface area contributed by atoms with Crippen LogP contribution in [0.15, 0.2) is 48.7 Å². The minimum absolute atomic E-state index is 0.0731. The molecular weight excluding hydrogens is 485 g/mol. The maximum absolute atomic E-state index is 13.9. The van der Waals surface area contributed by atoms with Crippen LogP contribution < -0.4 is 0 Å². The number of hydrogen-bond donors (Lipinski definition) is 0. The van der Waals surface area contributed by atoms with E-state index in [1.165, 1.54) is 21.9 Å². The molecule has 0 radical (unpaired) electrons. The quantitative estimate of drug-likeness (QED) is 0.419. The molecule has 6 atom stereocenters. The number of aromatic nitrogens is 1. The summed E-state index contributed by atoms with van der Waals surface area (Å²) in [5.74, 6) is -1.60. The number of pyridine rings is 1. The molecule has 2 fully saturated rings. The van der Waals surface area contributed by atoms with Crippen molar-refractivity contribution in [2.75, 3.05) is 27.7 Å². The van der Waals surface area contributed by atoms with Gasteiger partial charge in [0.25, 0.3) is 0 Å². The molecule has 4 rings (SSSR count). The monoisotopic (exact) mass is 521 g/mol. The van der Waals surface area contributed by atoms with Crippen LogP contribution in [0, 0.1) is 34.9 Å². The summed E-state index contributed by atoms with van der Waals surface area (Å²) in [4.78, 5) is 46.9. The van der Waals surface area contributed by atoms with Crippen molar-refractivity contribution in [2.45, 2.75) is 33.3 Å². The van der Waals surface area contributed by atoms with Gasteiger partial charge in [0.1, 0.15) is 11.9 Å². The number of likely N-dealkylation sites (N-methyl/N-ethyl adjacent to an activating group) is 2. The van der Waals surface area contributed by atoms with Gasteiger partial charge in [-0.2, -0.15) is 0 Å². The summed E-state index contributed by atoms with van der Waals surface area (Å²) in [5, 5.41) is 0. The van der Waals surface area contributed by atoms with E-state index in [-0.39, 0.29) is 47.8 Å². The van der Waals surface area contributed by atoms with Gasteiger partial charge in [-0.05, 0) is 60.9 Å². The summed E-state index contributed by atoms with van der Waals surface area (Å²) in [5.41, 5.74) is 0.943. The van der Waals surface area contributed by atoms with E-state index >= 15 is 0 Å². The van der Waals surface area contributed by atoms with Crippen LogP contribution in [0.4, 0.5) is 4.39 Å². The first kappa shape index (κ1) is 27.5. The standard InChI is InChI=1S/C30H36FN3O4/c1-18-15-30(28(36)34(6)17-26(35)33(4)5)27(20(3)38-29(30)37)25(19(18)2)13-12-24-11-10-22(16-32-24)21-8-7-9-23(31)14-21/h7-14,16,18-20,25,27H,15,17H2,1-6H3/b13-12+/t18?,19?,20?,25?,27?,30-/m1/s1. The first-order valence-corrected chi connectivity index (χ1v) is 13.0. The van der Waals surface area contributed by atoms with Gasteiger partial charge in [0.05, 0.1) is 12.2 Å². The third kappa shape index (κ3) is 4.96. The SMILES string of the molecule is CC1C[C@@]2(C(=O)N(C)CC(=O)N(C)C)C(=O)OC(C)C2C(/C=C/c2ccc(-c3cccc(F)c3)cn2)C1C. The lowest BCUT2D eigenvalue weighted by molar-refractivity contribution is -0.163. The summed E-state index contributed by atoms with van der Waals surface area (Å²) in [6, 6.07) is 10.1. The summed E-state index contributed by atoms with van der Waals surface area (Å²) in [7, 11) is 4.85. The fourth-order valence-corrected chi connectivity index (χ4v) is 6.07. The number of hydrogen-bond acceptors (Lipinski definition) is 5. The number of amides is 2. The van der Waals surface area contributed by atoms with E-state index in [1.54, 1.807) is 33.4 Å². The van der Waals surface area contributed by atoms with Crippen LogP contribution in [0.1, 0.15) is 32.9 Å². The van der Waals surface area contributed by atoms with Crippen molar-refractivity contribution in [3.8, 4) is 11.1 Å². The average molecular weight is 522 g/mol. The number of ether oxygens (including phenoxy) is 1. The zero-order valence-electron chi connectivity index (χ0n) is 22.8. The van der Waals surface area contributed by atoms with Gasteiger partial charge in [-0.15, -0.1) is 0 Å². The fourth-order valence-electron chi connectivity index (χ4n) is 6.07. The molecule has 5 unspecified atom stereocenters. The van der Waals surface area contributed by atoms with Crippen molar-refractivity contribution in [3.63, 3.8) is 0 Å². The molecule has 2 aliphatic rings. The second-order valence-electron chi connectivity index (χ2n) is 11.0. The molecule has 1 aromatic carbocycles. The van der Waals surface area contributed by atoms with Crippen LogP contribution in [0.25, 0.3) is 17.2 Å². The second kappa shape index (κ2) is 10.7. The number of carbonyl (C=O) groups is 3. The average Bonchev–Trinajstić information content (AvgIpc) is 3.13. The molecule has 0 bridgehead atoms. The third-order valence-corrected chi connectivity index (χ3v) is 8.33. The first-order chi connectivity index (χ1) is 18.0. The van der Waals surface area contributed by atoms with Gasteiger partial charge in [0.15, 0.2) is 5.41 Å². The molecule has 1 aliphatic heterocycles. The van der Waals surface area contributed by atoms with Crippen molar-refractivity contribution < 1.29 is 23.5 Å². The first-order valence-electron chi connectivity index (χ1n) is 13.0. The fraction of sp³-hybridized carbons (Fsp3) is 0.467. The summed E-state index contributed by atoms with van der Waals surface area (Å²) >= 11 is 0. The molecule has 1 aromatic heterocycles. The number of carbonyl (C=O) groups excluding carboxylic acids is 3. The molecule has 0 N–H and O–H groups in total. The zero-order chi connectivity index (χ0) is 27.8. The Morgan fingerprint density at radius 2 is 1.87 bits per heavy atom. The lowest BCUT2D eigenvalue weighted by Gasteiger charge is -2.47. The Labute approximate surface area is 223 Å². The highest BCUT2D eigenvalue weighted by atomic mass is 19.1. The summed E-state index contributed by atoms with van der Waals surface area (Å²) < 4.78 is 19.3. The van der Waals surface area contributed by atoms with Crippen LogP contribution in [0.3, 0.4) is 0 Å². The van der Waals surface area contributed by atoms with Crippen molar-refractivity contribution in [3.05, 3.63) is 60.2 Å². The van der Waals surface area contributed by atoms with Gasteiger partial charge in [0.2, 0.25) is 11.8 Å². The summed E-state index contributed by atoms with van der Waals surface area (Å²) in [6.07, 6.45) is 5.60. The Morgan fingerprint density at radius 1 is 1.13 bits per heavy atom. The predicted molar refractivity (Wildman–Crippen MR) is 143 cm³/mol. The molecule has 2 heterocycles. The van der Waals surface area contributed by atoms with E-state index in [0.717, 1.165) is 16.8 Å². The summed E-state index contributed by atoms with van der Waals surface area (Å²) in [6.45, 7) is 5.94. The van der Waals surface area contributed by atoms with E-state index in [4.69, 9.17) is 4.74 Å². The lowest BCUT2D eigenvalue weighted by atomic mass is 9.54. The van der Waals surface area contributed by atoms with Crippen LogP contribution >= 0.6 is 0 Å². The highest BCUT2D eigenvalue weighted by molar-refractivity contribution is 6.05. The van der Waals surface area contributed by atoms with Crippen LogP contribution in [0.5, 0.6) is 0 Å². The number of esters is 1. The Bertz CT molecular complexity index is 1240. The molecule has 2 amide bonds. The molecule has 2 aromatic rings. The highest BCUT2D eigenvalue weighted by Gasteiger charge is 2.67. The number of fused-ring (bicyclic) bond motifs is 1. The van der Waals surface area contributed by atoms with Gasteiger partial charge in [0, 0.05) is 38.8 Å². The second-order valence-corrected chi connectivity index (χ2v) is 11.0. The van der Waals surface area contributed by atoms with Gasteiger partial charge in [-0.3, -0.25) is 19.4 Å². The topological polar surface area (TPSA) is 79.8 Å². The maximum atomic E-state index is 13.9. The molecule has 1 saturated heterocycles. The van der Waals surface area contributed by atoms with E-state index < -0.39 is 17.5 Å². The molecule has 7 nitrogen and oxygen atoms in total. The minimum Gasteiger partial charge on any atom is -0.461 e. The number of halogens is 1. The zero-order valence-corrected chi connectivity index (χ0v) is 22.8. The lowest BCUT2D eigenvalue weighted by Crippen LogP contribution is -2.57. The number of benzene rings is 1. The Hall–Kier alpha value is -3.55. The normalized spacial score (nSPS) is 28.6. The molecule has 0 spiro atoms. The Kier molecular flexibility index (Phi) is 7.72. The van der Waals surface area contributed by atoms with Crippen LogP contribution in [-0.2, 0) is 19.1 Å². The van der Waals surface area contributed by atoms with Gasteiger partial charge in [-0.25, -0.2) is 4.39 Å². The molecule has 202 valence electrons. The van der Waals surface area contributed by atoms with Gasteiger partial charge in [-0.1, -0.05) is 38.1 Å². The Balaban J connectivity index is 1.63. The van der Waals surface area contributed by atoms with Crippen molar-refractivity contribution in [2.24, 2.45) is 29.1 Å². The number of allylic oxidation sites excluding steroid dienone is 1. The number of nitrogens with zero attached hydrogens (tertiary/aromatic N) is 3. The number of rotatable bonds is 6.